The SMILES string of the molecule is CCCCSC1CC(=O)N(CCCCCC(=O)N[C@H](C(=O)C[C@@H](CCCNC(N)=O)C(=O)Nc2ccc(COC(=O)N(C)[C@H](C)C(C)C)cc2)C(C)C)C1=O.CC[C@H](C)C([C@@H](CC(=O)N1CCC[C@H]1[C@H](OC)[C@@H](C)C(=O)C[C@@H](Cc1ccccc1)C(=O)O)OC)N(C)C(=O)[C@@H](CC(C)=O)C(C)C. The normalized spacial score (nSPS) is 17.4. The summed E-state index contributed by atoms with van der Waals surface area (Å²) in [6, 6.07) is 13.9. The number of likely N-dealkylation sites (tertiary alicyclic amines) is 2. The molecule has 0 aromatic heterocycles. The Bertz CT molecular complexity index is 3020. The fourth-order valence-electron chi connectivity index (χ4n) is 13.1. The van der Waals surface area contributed by atoms with Crippen LogP contribution < -0.4 is 21.7 Å². The van der Waals surface area contributed by atoms with Crippen LogP contribution in [0.3, 0.4) is 0 Å². The van der Waals surface area contributed by atoms with Gasteiger partial charge in [-0.3, -0.25) is 48.1 Å². The van der Waals surface area contributed by atoms with Gasteiger partial charge in [0.2, 0.25) is 35.4 Å². The number of imide groups is 1. The molecule has 2 unspecified atom stereocenters. The first-order valence-electron chi connectivity index (χ1n) is 36.7. The number of anilines is 1. The predicted molar refractivity (Wildman–Crippen MR) is 396 cm³/mol. The van der Waals surface area contributed by atoms with Crippen molar-refractivity contribution in [2.45, 2.75) is 240 Å². The number of carboxylic acid groups (broad SMARTS) is 1. The zero-order valence-corrected chi connectivity index (χ0v) is 64.6. The smallest absolute Gasteiger partial charge is 0.410 e. The number of nitrogens with one attached hydrogen (secondary N) is 3. The topological polar surface area (TPSA) is 328 Å². The number of unbranched alkanes of at least 4 members (excludes halogenated alkanes) is 3. The van der Waals surface area contributed by atoms with Crippen molar-refractivity contribution < 1.29 is 76.9 Å². The summed E-state index contributed by atoms with van der Waals surface area (Å²) in [7, 11) is 6.51. The maximum atomic E-state index is 14.0. The third-order valence-electron chi connectivity index (χ3n) is 20.0. The van der Waals surface area contributed by atoms with Crippen LogP contribution in [0.25, 0.3) is 0 Å². The second kappa shape index (κ2) is 45.8. The van der Waals surface area contributed by atoms with E-state index in [2.05, 4.69) is 22.9 Å². The number of nitrogens with zero attached hydrogens (tertiary/aromatic N) is 4. The monoisotopic (exact) mass is 1450 g/mol. The van der Waals surface area contributed by atoms with Crippen LogP contribution in [-0.4, -0.2) is 191 Å². The molecule has 2 aliphatic rings. The highest BCUT2D eigenvalue weighted by molar-refractivity contribution is 8.00. The van der Waals surface area contributed by atoms with E-state index < -0.39 is 66.1 Å². The number of thioether (sulfide) groups is 1. The summed E-state index contributed by atoms with van der Waals surface area (Å²) in [5.41, 5.74) is 7.28. The van der Waals surface area contributed by atoms with Crippen molar-refractivity contribution in [3.05, 3.63) is 65.7 Å². The first-order chi connectivity index (χ1) is 48.2. The maximum absolute atomic E-state index is 14.0. The summed E-state index contributed by atoms with van der Waals surface area (Å²) in [5, 5.41) is 17.8. The Labute approximate surface area is 610 Å². The van der Waals surface area contributed by atoms with E-state index in [0.29, 0.717) is 50.9 Å². The van der Waals surface area contributed by atoms with Gasteiger partial charge >= 0.3 is 18.1 Å². The summed E-state index contributed by atoms with van der Waals surface area (Å²) < 4.78 is 17.2. The number of carboxylic acids is 1. The van der Waals surface area contributed by atoms with Crippen molar-refractivity contribution in [3.63, 3.8) is 0 Å². The maximum Gasteiger partial charge on any atom is 0.410 e. The molecule has 4 rings (SSSR count). The molecule has 0 saturated carbocycles. The van der Waals surface area contributed by atoms with Gasteiger partial charge in [-0.1, -0.05) is 131 Å². The third-order valence-corrected chi connectivity index (χ3v) is 21.3. The lowest BCUT2D eigenvalue weighted by Gasteiger charge is -2.40. The average Bonchev–Trinajstić information content (AvgIpc) is 1.47. The zero-order valence-electron chi connectivity index (χ0n) is 63.8. The number of rotatable bonds is 45. The molecule has 0 spiro atoms. The Morgan fingerprint density at radius 2 is 1.40 bits per heavy atom. The highest BCUT2D eigenvalue weighted by Crippen LogP contribution is 2.33. The number of hydrogen-bond donors (Lipinski definition) is 5. The number of carbonyl (C=O) groups excluding carboxylic acids is 11. The van der Waals surface area contributed by atoms with Crippen molar-refractivity contribution >= 4 is 88.3 Å². The van der Waals surface area contributed by atoms with E-state index in [4.69, 9.17) is 19.9 Å². The van der Waals surface area contributed by atoms with Crippen LogP contribution in [-0.2, 0) is 75.2 Å². The number of hydrogen-bond acceptors (Lipinski definition) is 16. The third kappa shape index (κ3) is 29.1. The number of methoxy groups -OCH3 is 2. The number of benzene rings is 2. The highest BCUT2D eigenvalue weighted by Gasteiger charge is 2.44. The number of Topliss-reactive ketones (excluding diaryl/α,β-unsaturated/α-hetero) is 3. The minimum Gasteiger partial charge on any atom is -0.481 e. The predicted octanol–water partition coefficient (Wildman–Crippen LogP) is 10.7. The molecule has 24 nitrogen and oxygen atoms in total. The van der Waals surface area contributed by atoms with Crippen molar-refractivity contribution in [2.75, 3.05) is 59.0 Å². The number of urea groups is 1. The summed E-state index contributed by atoms with van der Waals surface area (Å²) >= 11 is 1.55. The molecule has 9 amide bonds. The molecule has 2 heterocycles. The van der Waals surface area contributed by atoms with Crippen molar-refractivity contribution in [2.24, 2.45) is 53.1 Å². The lowest BCUT2D eigenvalue weighted by Crippen LogP contribution is -2.54. The number of ketones is 3. The summed E-state index contributed by atoms with van der Waals surface area (Å²) in [6.45, 7) is 24.1. The Morgan fingerprint density at radius 1 is 0.745 bits per heavy atom. The first kappa shape index (κ1) is 89.0. The quantitative estimate of drug-likeness (QED) is 0.0304. The molecule has 2 aliphatic heterocycles. The van der Waals surface area contributed by atoms with Gasteiger partial charge in [-0.2, -0.15) is 0 Å². The largest absolute Gasteiger partial charge is 0.481 e. The molecule has 2 saturated heterocycles. The molecule has 12 atom stereocenters. The molecule has 2 aromatic rings. The van der Waals surface area contributed by atoms with E-state index in [1.807, 2.05) is 92.6 Å². The van der Waals surface area contributed by atoms with Crippen molar-refractivity contribution in [1.29, 1.82) is 0 Å². The number of ether oxygens (including phenoxy) is 3. The fourth-order valence-corrected chi connectivity index (χ4v) is 14.4. The Hall–Kier alpha value is -7.25. The summed E-state index contributed by atoms with van der Waals surface area (Å²) in [4.78, 5) is 160. The Kier molecular flexibility index (Phi) is 39.9. The molecule has 0 radical (unpaired) electrons. The number of primary amides is 1. The molecule has 0 aliphatic carbocycles. The second-order valence-electron chi connectivity index (χ2n) is 28.8. The van der Waals surface area contributed by atoms with Crippen LogP contribution in [0.5, 0.6) is 0 Å². The summed E-state index contributed by atoms with van der Waals surface area (Å²) in [5.74, 6) is -4.57. The highest BCUT2D eigenvalue weighted by atomic mass is 32.2. The van der Waals surface area contributed by atoms with E-state index in [-0.39, 0.29) is 158 Å². The molecule has 0 bridgehead atoms. The van der Waals surface area contributed by atoms with E-state index in [1.54, 1.807) is 78.9 Å². The lowest BCUT2D eigenvalue weighted by atomic mass is 9.85. The van der Waals surface area contributed by atoms with Crippen LogP contribution in [0.1, 0.15) is 197 Å². The van der Waals surface area contributed by atoms with E-state index in [9.17, 15) is 62.6 Å². The van der Waals surface area contributed by atoms with Crippen LogP contribution in [0.4, 0.5) is 15.3 Å². The first-order valence-corrected chi connectivity index (χ1v) is 37.8. The molecule has 25 heteroatoms. The van der Waals surface area contributed by atoms with Crippen molar-refractivity contribution in [3.8, 4) is 0 Å². The lowest BCUT2D eigenvalue weighted by molar-refractivity contribution is -0.149. The molecule has 2 aromatic carbocycles. The molecular weight excluding hydrogens is 1320 g/mol. The van der Waals surface area contributed by atoms with Crippen molar-refractivity contribution in [1.82, 2.24) is 30.2 Å². The second-order valence-corrected chi connectivity index (χ2v) is 30.1. The number of nitrogens with two attached hydrogens (primary N) is 1. The van der Waals surface area contributed by atoms with Gasteiger partial charge in [0.25, 0.3) is 0 Å². The number of carbonyl (C=O) groups is 12. The van der Waals surface area contributed by atoms with E-state index in [1.165, 1.54) is 18.9 Å². The van der Waals surface area contributed by atoms with Gasteiger partial charge in [0.15, 0.2) is 5.78 Å². The standard InChI is InChI=1S/C40H64N6O8S.C37H58N2O8/c1-8-9-22-55-33-24-35(49)46(38(33)51)21-12-10-11-15-34(48)44-36(27(4)5)32(47)23-30(14-13-20-42-39(41)52)37(50)43-31-18-16-29(17-19-31)25-54-40(53)45(7)28(6)26(2)3;1-10-24(4)34(38(7)36(43)29(23(2)3)19-25(5)40)32(46-8)22-33(42)39-18-14-17-30(39)35(47-9)26(6)31(41)21-28(37(44)45)20-27-15-12-11-13-16-27/h16-19,26-28,30,33,36H,8-15,20-25H2,1-7H3,(H,43,50)(H,44,48)(H3,41,42,52);11-13,15-16,23-24,26,28-30,32,34-35H,10,14,17-22H2,1-9H3,(H,44,45)/t28-,30-,33?,36+;24-,26-,28+,29-,30-,32+,34?,35+/m10/s1. The van der Waals surface area contributed by atoms with Gasteiger partial charge in [-0.15, -0.1) is 11.8 Å². The molecule has 102 heavy (non-hydrogen) atoms. The van der Waals surface area contributed by atoms with Gasteiger partial charge in [0.1, 0.15) is 18.2 Å². The number of aliphatic carboxylic acids is 1. The summed E-state index contributed by atoms with van der Waals surface area (Å²) in [6.07, 6.45) is 5.65. The average molecular weight is 1450 g/mol. The minimum atomic E-state index is -1.02. The zero-order chi connectivity index (χ0) is 76.5. The van der Waals surface area contributed by atoms with Gasteiger partial charge in [-0.05, 0) is 118 Å². The van der Waals surface area contributed by atoms with Crippen LogP contribution in [0.2, 0.25) is 0 Å². The molecule has 572 valence electrons. The van der Waals surface area contributed by atoms with Crippen LogP contribution in [0, 0.1) is 47.3 Å². The van der Waals surface area contributed by atoms with Crippen LogP contribution >= 0.6 is 11.8 Å². The van der Waals surface area contributed by atoms with Gasteiger partial charge < -0.3 is 60.5 Å². The molecule has 6 N–H and O–H groups in total. The van der Waals surface area contributed by atoms with E-state index >= 15 is 0 Å². The minimum absolute atomic E-state index is 0.0146. The number of likely N-dealkylation sites (N-methyl/N-ethyl adjacent to an activating group) is 1. The van der Waals surface area contributed by atoms with Gasteiger partial charge in [0, 0.05) is 110 Å². The van der Waals surface area contributed by atoms with Gasteiger partial charge in [-0.25, -0.2) is 9.59 Å². The molecule has 2 fully saturated rings. The fraction of sp³-hybridized carbons (Fsp3) is 0.688. The Balaban J connectivity index is 0.000000537. The van der Waals surface area contributed by atoms with Crippen LogP contribution in [0.15, 0.2) is 54.6 Å². The van der Waals surface area contributed by atoms with E-state index in [0.717, 1.165) is 42.6 Å². The molecular formula is C77H122N8O16S. The number of amides is 9. The van der Waals surface area contributed by atoms with Gasteiger partial charge in [0.05, 0.1) is 47.9 Å². The Morgan fingerprint density at radius 3 is 1.97 bits per heavy atom.